The number of carbonyl (C=O) groups is 1. The molecule has 1 heterocycles. The molecule has 0 atom stereocenters. The van der Waals surface area contributed by atoms with Crippen LogP contribution in [-0.4, -0.2) is 25.2 Å². The number of halogens is 1. The van der Waals surface area contributed by atoms with E-state index in [-0.39, 0.29) is 17.6 Å². The van der Waals surface area contributed by atoms with Crippen LogP contribution in [0, 0.1) is 11.3 Å². The van der Waals surface area contributed by atoms with Crippen molar-refractivity contribution in [3.05, 3.63) is 64.1 Å². The molecule has 2 aromatic carbocycles. The fraction of sp³-hybridized carbons (Fsp3) is 0.364. The van der Waals surface area contributed by atoms with Crippen LogP contribution in [0.2, 0.25) is 0 Å². The molecule has 2 aromatic rings. The van der Waals surface area contributed by atoms with Gasteiger partial charge < -0.3 is 15.5 Å². The quantitative estimate of drug-likeness (QED) is 0.748. The molecular formula is C22H23BrN4O. The van der Waals surface area contributed by atoms with Gasteiger partial charge >= 0.3 is 6.03 Å². The van der Waals surface area contributed by atoms with Crippen LogP contribution >= 0.6 is 15.9 Å². The molecule has 0 aromatic heterocycles. The largest absolute Gasteiger partial charge is 0.371 e. The second-order valence-corrected chi connectivity index (χ2v) is 8.52. The maximum atomic E-state index is 12.6. The van der Waals surface area contributed by atoms with Crippen molar-refractivity contribution >= 4 is 27.6 Å². The van der Waals surface area contributed by atoms with E-state index in [0.717, 1.165) is 48.9 Å². The molecule has 28 heavy (non-hydrogen) atoms. The van der Waals surface area contributed by atoms with Crippen LogP contribution in [0.4, 0.5) is 10.5 Å². The van der Waals surface area contributed by atoms with Crippen LogP contribution in [0.15, 0.2) is 53.0 Å². The van der Waals surface area contributed by atoms with Gasteiger partial charge in [-0.1, -0.05) is 28.1 Å². The lowest BCUT2D eigenvalue weighted by Crippen LogP contribution is -2.50. The zero-order valence-electron chi connectivity index (χ0n) is 15.6. The van der Waals surface area contributed by atoms with E-state index in [2.05, 4.69) is 49.7 Å². The number of nitrogens with one attached hydrogen (secondary N) is 2. The van der Waals surface area contributed by atoms with Crippen LogP contribution in [0.3, 0.4) is 0 Å². The second kappa shape index (κ2) is 7.84. The molecule has 144 valence electrons. The summed E-state index contributed by atoms with van der Waals surface area (Å²) in [7, 11) is 0. The van der Waals surface area contributed by atoms with E-state index >= 15 is 0 Å². The number of urea groups is 1. The third kappa shape index (κ3) is 4.15. The standard InChI is InChI=1S/C22H23BrN4O/c23-18-5-3-17(4-6-18)22(11-12-22)26-21(28)25-19-9-13-27(14-10-19)20-7-1-16(15-24)2-8-20/h1-8,19H,9-14H2,(H2,25,26,28). The molecular weight excluding hydrogens is 416 g/mol. The molecule has 4 rings (SSSR count). The average molecular weight is 439 g/mol. The Balaban J connectivity index is 1.28. The lowest BCUT2D eigenvalue weighted by molar-refractivity contribution is 0.229. The highest BCUT2D eigenvalue weighted by atomic mass is 79.9. The molecule has 0 bridgehead atoms. The first-order valence-electron chi connectivity index (χ1n) is 9.68. The van der Waals surface area contributed by atoms with Crippen LogP contribution in [-0.2, 0) is 5.54 Å². The van der Waals surface area contributed by atoms with Crippen LogP contribution in [0.25, 0.3) is 0 Å². The van der Waals surface area contributed by atoms with Gasteiger partial charge in [0.2, 0.25) is 0 Å². The number of rotatable bonds is 4. The van der Waals surface area contributed by atoms with E-state index in [1.165, 1.54) is 5.56 Å². The minimum absolute atomic E-state index is 0.0720. The Labute approximate surface area is 173 Å². The average Bonchev–Trinajstić information content (AvgIpc) is 3.49. The summed E-state index contributed by atoms with van der Waals surface area (Å²) in [6, 6.07) is 18.2. The summed E-state index contributed by atoms with van der Waals surface area (Å²) in [6.07, 6.45) is 3.80. The van der Waals surface area contributed by atoms with Crippen molar-refractivity contribution in [3.8, 4) is 6.07 Å². The van der Waals surface area contributed by atoms with E-state index in [0.29, 0.717) is 5.56 Å². The van der Waals surface area contributed by atoms with Crippen molar-refractivity contribution in [3.63, 3.8) is 0 Å². The molecule has 1 aliphatic heterocycles. The van der Waals surface area contributed by atoms with E-state index in [4.69, 9.17) is 5.26 Å². The fourth-order valence-electron chi connectivity index (χ4n) is 3.85. The fourth-order valence-corrected chi connectivity index (χ4v) is 4.11. The molecule has 2 N–H and O–H groups in total. The molecule has 5 nitrogen and oxygen atoms in total. The Morgan fingerprint density at radius 1 is 1.07 bits per heavy atom. The van der Waals surface area contributed by atoms with Crippen molar-refractivity contribution in [2.75, 3.05) is 18.0 Å². The number of nitriles is 1. The highest BCUT2D eigenvalue weighted by Gasteiger charge is 2.45. The molecule has 1 aliphatic carbocycles. The number of piperidine rings is 1. The van der Waals surface area contributed by atoms with E-state index in [1.807, 2.05) is 36.4 Å². The van der Waals surface area contributed by atoms with Gasteiger partial charge in [-0.3, -0.25) is 0 Å². The Morgan fingerprint density at radius 3 is 2.29 bits per heavy atom. The van der Waals surface area contributed by atoms with Crippen molar-refractivity contribution in [1.29, 1.82) is 5.26 Å². The maximum Gasteiger partial charge on any atom is 0.315 e. The van der Waals surface area contributed by atoms with E-state index < -0.39 is 0 Å². The molecule has 0 unspecified atom stereocenters. The second-order valence-electron chi connectivity index (χ2n) is 7.61. The lowest BCUT2D eigenvalue weighted by Gasteiger charge is -2.34. The molecule has 1 saturated heterocycles. The summed E-state index contributed by atoms with van der Waals surface area (Å²) in [5.74, 6) is 0. The van der Waals surface area contributed by atoms with Gasteiger partial charge in [0.15, 0.2) is 0 Å². The maximum absolute atomic E-state index is 12.6. The molecule has 2 aliphatic rings. The first-order chi connectivity index (χ1) is 13.6. The number of nitrogens with zero attached hydrogens (tertiary/aromatic N) is 2. The summed E-state index contributed by atoms with van der Waals surface area (Å²) in [5, 5.41) is 15.3. The molecule has 2 amide bonds. The summed E-state index contributed by atoms with van der Waals surface area (Å²) < 4.78 is 1.05. The minimum Gasteiger partial charge on any atom is -0.371 e. The highest BCUT2D eigenvalue weighted by Crippen LogP contribution is 2.45. The van der Waals surface area contributed by atoms with Gasteiger partial charge in [0.1, 0.15) is 0 Å². The van der Waals surface area contributed by atoms with Gasteiger partial charge in [-0.25, -0.2) is 4.79 Å². The number of benzene rings is 2. The van der Waals surface area contributed by atoms with Crippen molar-refractivity contribution in [2.24, 2.45) is 0 Å². The molecule has 0 spiro atoms. The van der Waals surface area contributed by atoms with Crippen molar-refractivity contribution in [2.45, 2.75) is 37.3 Å². The first kappa shape index (κ1) is 18.8. The first-order valence-corrected chi connectivity index (χ1v) is 10.5. The number of hydrogen-bond acceptors (Lipinski definition) is 3. The SMILES string of the molecule is N#Cc1ccc(N2CCC(NC(=O)NC3(c4ccc(Br)cc4)CC3)CC2)cc1. The Hall–Kier alpha value is -2.52. The van der Waals surface area contributed by atoms with Gasteiger partial charge in [-0.05, 0) is 67.6 Å². The predicted molar refractivity (Wildman–Crippen MR) is 113 cm³/mol. The topological polar surface area (TPSA) is 68.2 Å². The van der Waals surface area contributed by atoms with Gasteiger partial charge in [0, 0.05) is 29.3 Å². The smallest absolute Gasteiger partial charge is 0.315 e. The Kier molecular flexibility index (Phi) is 5.27. The summed E-state index contributed by atoms with van der Waals surface area (Å²) in [4.78, 5) is 14.9. The summed E-state index contributed by atoms with van der Waals surface area (Å²) >= 11 is 3.46. The van der Waals surface area contributed by atoms with Crippen LogP contribution in [0.1, 0.15) is 36.8 Å². The molecule has 2 fully saturated rings. The summed E-state index contributed by atoms with van der Waals surface area (Å²) in [6.45, 7) is 1.80. The molecule has 6 heteroatoms. The Bertz CT molecular complexity index is 876. The minimum atomic E-state index is -0.200. The monoisotopic (exact) mass is 438 g/mol. The Morgan fingerprint density at radius 2 is 1.71 bits per heavy atom. The van der Waals surface area contributed by atoms with Gasteiger partial charge in [0.25, 0.3) is 0 Å². The van der Waals surface area contributed by atoms with Gasteiger partial charge in [-0.2, -0.15) is 5.26 Å². The number of anilines is 1. The van der Waals surface area contributed by atoms with E-state index in [9.17, 15) is 4.79 Å². The van der Waals surface area contributed by atoms with Crippen LogP contribution < -0.4 is 15.5 Å². The third-order valence-electron chi connectivity index (χ3n) is 5.69. The van der Waals surface area contributed by atoms with Gasteiger partial charge in [0.05, 0.1) is 17.2 Å². The van der Waals surface area contributed by atoms with Crippen LogP contribution in [0.5, 0.6) is 0 Å². The lowest BCUT2D eigenvalue weighted by atomic mass is 10.0. The zero-order chi connectivity index (χ0) is 19.6. The molecule has 1 saturated carbocycles. The number of hydrogen-bond donors (Lipinski definition) is 2. The van der Waals surface area contributed by atoms with Crippen molar-refractivity contribution in [1.82, 2.24) is 10.6 Å². The third-order valence-corrected chi connectivity index (χ3v) is 6.22. The van der Waals surface area contributed by atoms with Crippen molar-refractivity contribution < 1.29 is 4.79 Å². The highest BCUT2D eigenvalue weighted by molar-refractivity contribution is 9.10. The normalized spacial score (nSPS) is 18.2. The zero-order valence-corrected chi connectivity index (χ0v) is 17.2. The van der Waals surface area contributed by atoms with E-state index in [1.54, 1.807) is 0 Å². The van der Waals surface area contributed by atoms with Gasteiger partial charge in [-0.15, -0.1) is 0 Å². The molecule has 0 radical (unpaired) electrons. The summed E-state index contributed by atoms with van der Waals surface area (Å²) in [5.41, 5.74) is 2.78. The predicted octanol–water partition coefficient (Wildman–Crippen LogP) is 4.28. The number of amides is 2. The number of carbonyl (C=O) groups excluding carboxylic acids is 1.